The topological polar surface area (TPSA) is 60.3 Å². The van der Waals surface area contributed by atoms with Crippen LogP contribution >= 0.6 is 27.3 Å². The van der Waals surface area contributed by atoms with Crippen LogP contribution in [0.1, 0.15) is 31.0 Å². The summed E-state index contributed by atoms with van der Waals surface area (Å²) in [4.78, 5) is 24.4. The highest BCUT2D eigenvalue weighted by molar-refractivity contribution is 9.10. The van der Waals surface area contributed by atoms with Crippen molar-refractivity contribution in [2.75, 3.05) is 11.9 Å². The van der Waals surface area contributed by atoms with E-state index in [1.54, 1.807) is 10.6 Å². The molecule has 0 atom stereocenters. The Balaban J connectivity index is 1.70. The van der Waals surface area contributed by atoms with Gasteiger partial charge in [-0.15, -0.1) is 0 Å². The summed E-state index contributed by atoms with van der Waals surface area (Å²) < 4.78 is 9.27. The minimum absolute atomic E-state index is 0.00721. The van der Waals surface area contributed by atoms with Gasteiger partial charge in [-0.1, -0.05) is 27.3 Å². The smallest absolute Gasteiger partial charge is 0.308 e. The van der Waals surface area contributed by atoms with Crippen LogP contribution in [-0.2, 0) is 4.79 Å². The van der Waals surface area contributed by atoms with E-state index in [1.165, 1.54) is 11.3 Å². The molecule has 0 aliphatic carbocycles. The number of aromatic nitrogens is 1. The first-order valence-electron chi connectivity index (χ1n) is 8.60. The van der Waals surface area contributed by atoms with Gasteiger partial charge in [0.25, 0.3) is 5.91 Å². The van der Waals surface area contributed by atoms with Crippen LogP contribution in [0.4, 0.5) is 5.69 Å². The predicted octanol–water partition coefficient (Wildman–Crippen LogP) is 5.04. The number of aryl methyl sites for hydroxylation is 2. The molecular weight excluding hydrogens is 428 g/mol. The normalized spacial score (nSPS) is 11.2. The van der Waals surface area contributed by atoms with Gasteiger partial charge >= 0.3 is 4.87 Å². The fourth-order valence-electron chi connectivity index (χ4n) is 2.94. The Morgan fingerprint density at radius 2 is 1.89 bits per heavy atom. The van der Waals surface area contributed by atoms with Gasteiger partial charge in [0.15, 0.2) is 6.61 Å². The molecule has 1 amide bonds. The monoisotopic (exact) mass is 448 g/mol. The lowest BCUT2D eigenvalue weighted by atomic mass is 10.1. The van der Waals surface area contributed by atoms with Crippen LogP contribution in [0, 0.1) is 13.8 Å². The molecule has 2 aromatic carbocycles. The van der Waals surface area contributed by atoms with Crippen LogP contribution in [0.25, 0.3) is 10.2 Å². The molecule has 0 saturated carbocycles. The molecule has 0 unspecified atom stereocenters. The maximum atomic E-state index is 12.2. The molecule has 0 aliphatic heterocycles. The lowest BCUT2D eigenvalue weighted by molar-refractivity contribution is -0.118. The highest BCUT2D eigenvalue weighted by Crippen LogP contribution is 2.27. The number of fused-ring (bicyclic) bond motifs is 1. The third-order valence-corrected chi connectivity index (χ3v) is 6.36. The number of nitrogens with zero attached hydrogens (tertiary/aromatic N) is 1. The largest absolute Gasteiger partial charge is 0.484 e. The zero-order chi connectivity index (χ0) is 19.7. The second-order valence-electron chi connectivity index (χ2n) is 6.72. The number of nitrogens with one attached hydrogen (secondary N) is 1. The summed E-state index contributed by atoms with van der Waals surface area (Å²) in [5, 5.41) is 2.83. The molecule has 27 heavy (non-hydrogen) atoms. The third-order valence-electron chi connectivity index (χ3n) is 4.19. The molecule has 0 radical (unpaired) electrons. The number of hydrogen-bond donors (Lipinski definition) is 1. The van der Waals surface area contributed by atoms with Crippen LogP contribution in [-0.4, -0.2) is 17.1 Å². The maximum Gasteiger partial charge on any atom is 0.308 e. The number of carbonyl (C=O) groups is 1. The van der Waals surface area contributed by atoms with E-state index < -0.39 is 0 Å². The van der Waals surface area contributed by atoms with Crippen molar-refractivity contribution in [2.45, 2.75) is 33.7 Å². The van der Waals surface area contributed by atoms with E-state index >= 15 is 0 Å². The molecule has 0 saturated heterocycles. The molecule has 142 valence electrons. The third kappa shape index (κ3) is 4.25. The van der Waals surface area contributed by atoms with Crippen molar-refractivity contribution in [1.82, 2.24) is 4.57 Å². The van der Waals surface area contributed by atoms with E-state index in [1.807, 2.05) is 52.0 Å². The molecule has 0 bridgehead atoms. The van der Waals surface area contributed by atoms with Gasteiger partial charge in [-0.2, -0.15) is 0 Å². The van der Waals surface area contributed by atoms with E-state index in [0.29, 0.717) is 11.4 Å². The number of carbonyl (C=O) groups excluding carboxylic acids is 1. The average Bonchev–Trinajstić information content (AvgIpc) is 2.92. The second kappa shape index (κ2) is 7.86. The van der Waals surface area contributed by atoms with Gasteiger partial charge in [0, 0.05) is 16.2 Å². The predicted molar refractivity (Wildman–Crippen MR) is 114 cm³/mol. The minimum Gasteiger partial charge on any atom is -0.484 e. The zero-order valence-corrected chi connectivity index (χ0v) is 18.0. The Bertz CT molecular complexity index is 1050. The Morgan fingerprint density at radius 3 is 2.52 bits per heavy atom. The van der Waals surface area contributed by atoms with Gasteiger partial charge in [-0.25, -0.2) is 0 Å². The fraction of sp³-hybridized carbons (Fsp3) is 0.300. The van der Waals surface area contributed by atoms with E-state index in [2.05, 4.69) is 21.2 Å². The number of amides is 1. The molecule has 5 nitrogen and oxygen atoms in total. The highest BCUT2D eigenvalue weighted by atomic mass is 79.9. The Kier molecular flexibility index (Phi) is 5.72. The molecule has 3 aromatic rings. The number of rotatable bonds is 5. The lowest BCUT2D eigenvalue weighted by Gasteiger charge is -2.11. The Morgan fingerprint density at radius 1 is 1.22 bits per heavy atom. The van der Waals surface area contributed by atoms with E-state index in [9.17, 15) is 9.59 Å². The molecule has 0 fully saturated rings. The van der Waals surface area contributed by atoms with Gasteiger partial charge in [-0.3, -0.25) is 14.2 Å². The molecule has 1 heterocycles. The second-order valence-corrected chi connectivity index (χ2v) is 8.51. The van der Waals surface area contributed by atoms with Crippen LogP contribution in [0.5, 0.6) is 5.75 Å². The van der Waals surface area contributed by atoms with Crippen LogP contribution in [0.3, 0.4) is 0 Å². The number of anilines is 1. The number of halogens is 1. The molecule has 0 spiro atoms. The first-order chi connectivity index (χ1) is 12.8. The van der Waals surface area contributed by atoms with E-state index in [-0.39, 0.29) is 23.4 Å². The first-order valence-corrected chi connectivity index (χ1v) is 10.2. The van der Waals surface area contributed by atoms with Crippen molar-refractivity contribution < 1.29 is 9.53 Å². The molecule has 1 aromatic heterocycles. The van der Waals surface area contributed by atoms with Gasteiger partial charge in [0.1, 0.15) is 5.75 Å². The van der Waals surface area contributed by atoms with Crippen molar-refractivity contribution in [2.24, 2.45) is 0 Å². The van der Waals surface area contributed by atoms with Crippen molar-refractivity contribution in [1.29, 1.82) is 0 Å². The fourth-order valence-corrected chi connectivity index (χ4v) is 4.22. The molecule has 0 aliphatic rings. The number of hydrogen-bond acceptors (Lipinski definition) is 4. The number of ether oxygens (including phenoxy) is 1. The molecule has 3 rings (SSSR count). The maximum absolute atomic E-state index is 12.2. The highest BCUT2D eigenvalue weighted by Gasteiger charge is 2.12. The first kappa shape index (κ1) is 19.6. The summed E-state index contributed by atoms with van der Waals surface area (Å²) in [5.41, 5.74) is 3.65. The molecular formula is C20H21BrN2O3S. The van der Waals surface area contributed by atoms with Crippen molar-refractivity contribution in [3.05, 3.63) is 55.6 Å². The summed E-state index contributed by atoms with van der Waals surface area (Å²) in [6.07, 6.45) is 0. The van der Waals surface area contributed by atoms with Crippen molar-refractivity contribution in [3.8, 4) is 5.75 Å². The summed E-state index contributed by atoms with van der Waals surface area (Å²) in [7, 11) is 0. The summed E-state index contributed by atoms with van der Waals surface area (Å²) >= 11 is 4.70. The molecule has 7 heteroatoms. The summed E-state index contributed by atoms with van der Waals surface area (Å²) in [5.74, 6) is 0.411. The SMILES string of the molecule is Cc1cc(OCC(=O)Nc2ccc3c(c2)sc(=O)n3C(C)C)cc(C)c1Br. The van der Waals surface area contributed by atoms with Crippen LogP contribution < -0.4 is 14.9 Å². The van der Waals surface area contributed by atoms with Crippen LogP contribution in [0.15, 0.2) is 39.6 Å². The minimum atomic E-state index is -0.247. The standard InChI is InChI=1S/C20H21BrN2O3S/c1-11(2)23-16-6-5-14(9-17(16)27-20(23)25)22-18(24)10-26-15-7-12(3)19(21)13(4)8-15/h5-9,11H,10H2,1-4H3,(H,22,24). The Hall–Kier alpha value is -2.12. The number of benzene rings is 2. The average molecular weight is 449 g/mol. The van der Waals surface area contributed by atoms with E-state index in [0.717, 1.165) is 25.8 Å². The van der Waals surface area contributed by atoms with E-state index in [4.69, 9.17) is 4.74 Å². The Labute approximate surface area is 170 Å². The van der Waals surface area contributed by atoms with Gasteiger partial charge in [0.2, 0.25) is 0 Å². The quantitative estimate of drug-likeness (QED) is 0.594. The van der Waals surface area contributed by atoms with Gasteiger partial charge in [0.05, 0.1) is 10.2 Å². The lowest BCUT2D eigenvalue weighted by Crippen LogP contribution is -2.20. The van der Waals surface area contributed by atoms with Crippen molar-refractivity contribution in [3.63, 3.8) is 0 Å². The van der Waals surface area contributed by atoms with Crippen LogP contribution in [0.2, 0.25) is 0 Å². The van der Waals surface area contributed by atoms with Gasteiger partial charge in [-0.05, 0) is 69.2 Å². The summed E-state index contributed by atoms with van der Waals surface area (Å²) in [6.45, 7) is 7.84. The zero-order valence-electron chi connectivity index (χ0n) is 15.6. The molecule has 1 N–H and O–H groups in total. The number of thiazole rings is 1. The van der Waals surface area contributed by atoms with Crippen molar-refractivity contribution >= 4 is 49.1 Å². The van der Waals surface area contributed by atoms with Gasteiger partial charge < -0.3 is 10.1 Å². The summed E-state index contributed by atoms with van der Waals surface area (Å²) in [6, 6.07) is 9.37.